The maximum absolute atomic E-state index is 11.9. The Morgan fingerprint density at radius 1 is 1.44 bits per heavy atom. The number of hydrogen-bond acceptors (Lipinski definition) is 2. The highest BCUT2D eigenvalue weighted by Crippen LogP contribution is 2.22. The summed E-state index contributed by atoms with van der Waals surface area (Å²) in [4.78, 5) is 3.93. The third-order valence-corrected chi connectivity index (χ3v) is 2.32. The second-order valence-electron chi connectivity index (χ2n) is 3.87. The number of nitrogens with zero attached hydrogens (tertiary/aromatic N) is 2. The van der Waals surface area contributed by atoms with E-state index in [0.717, 1.165) is 5.69 Å². The third-order valence-electron chi connectivity index (χ3n) is 2.32. The molecular formula is C10H16F3N3. The maximum Gasteiger partial charge on any atom is 0.389 e. The SMILES string of the molecule is CC(N)c1cncn1CCCCC(F)(F)F. The van der Waals surface area contributed by atoms with Gasteiger partial charge in [-0.05, 0) is 19.8 Å². The van der Waals surface area contributed by atoms with Crippen molar-refractivity contribution in [1.82, 2.24) is 9.55 Å². The molecule has 1 aromatic heterocycles. The van der Waals surface area contributed by atoms with Gasteiger partial charge in [0, 0.05) is 25.2 Å². The Morgan fingerprint density at radius 2 is 2.12 bits per heavy atom. The van der Waals surface area contributed by atoms with E-state index in [4.69, 9.17) is 5.73 Å². The lowest BCUT2D eigenvalue weighted by Crippen LogP contribution is -2.12. The third kappa shape index (κ3) is 4.22. The number of alkyl halides is 3. The standard InChI is InChI=1S/C10H16F3N3/c1-8(14)9-6-15-7-16(9)5-3-2-4-10(11,12)13/h6-8H,2-5,14H2,1H3. The summed E-state index contributed by atoms with van der Waals surface area (Å²) in [6, 6.07) is -0.148. The molecule has 2 N–H and O–H groups in total. The Kier molecular flexibility index (Phi) is 4.35. The van der Waals surface area contributed by atoms with Crippen LogP contribution >= 0.6 is 0 Å². The van der Waals surface area contributed by atoms with Gasteiger partial charge in [-0.1, -0.05) is 0 Å². The highest BCUT2D eigenvalue weighted by molar-refractivity contribution is 5.02. The lowest BCUT2D eigenvalue weighted by Gasteiger charge is -2.11. The molecule has 0 fully saturated rings. The highest BCUT2D eigenvalue weighted by Gasteiger charge is 2.25. The van der Waals surface area contributed by atoms with Crippen molar-refractivity contribution in [2.45, 2.75) is 44.9 Å². The summed E-state index contributed by atoms with van der Waals surface area (Å²) in [6.07, 6.45) is -0.912. The van der Waals surface area contributed by atoms with E-state index in [1.807, 2.05) is 6.92 Å². The van der Waals surface area contributed by atoms with Gasteiger partial charge < -0.3 is 10.3 Å². The van der Waals surface area contributed by atoms with Crippen LogP contribution in [0.15, 0.2) is 12.5 Å². The smallest absolute Gasteiger partial charge is 0.333 e. The van der Waals surface area contributed by atoms with Gasteiger partial charge in [0.15, 0.2) is 0 Å². The summed E-state index contributed by atoms with van der Waals surface area (Å²) in [7, 11) is 0. The highest BCUT2D eigenvalue weighted by atomic mass is 19.4. The molecule has 0 aliphatic heterocycles. The van der Waals surface area contributed by atoms with Gasteiger partial charge in [-0.3, -0.25) is 0 Å². The molecule has 1 aromatic rings. The fourth-order valence-electron chi connectivity index (χ4n) is 1.50. The molecule has 0 saturated carbocycles. The van der Waals surface area contributed by atoms with E-state index >= 15 is 0 Å². The van der Waals surface area contributed by atoms with E-state index in [9.17, 15) is 13.2 Å². The Morgan fingerprint density at radius 3 is 2.69 bits per heavy atom. The van der Waals surface area contributed by atoms with Crippen molar-refractivity contribution >= 4 is 0 Å². The minimum absolute atomic E-state index is 0.139. The number of imidazole rings is 1. The van der Waals surface area contributed by atoms with Gasteiger partial charge >= 0.3 is 6.18 Å². The minimum atomic E-state index is -4.06. The van der Waals surface area contributed by atoms with Gasteiger partial charge in [0.1, 0.15) is 0 Å². The van der Waals surface area contributed by atoms with Crippen LogP contribution in [0.5, 0.6) is 0 Å². The van der Waals surface area contributed by atoms with Crippen LogP contribution in [0, 0.1) is 0 Å². The normalized spacial score (nSPS) is 14.1. The van der Waals surface area contributed by atoms with Crippen LogP contribution < -0.4 is 5.73 Å². The van der Waals surface area contributed by atoms with Crippen LogP contribution in [0.1, 0.15) is 37.9 Å². The number of nitrogens with two attached hydrogens (primary N) is 1. The first kappa shape index (κ1) is 13.0. The molecule has 92 valence electrons. The zero-order valence-corrected chi connectivity index (χ0v) is 9.17. The van der Waals surface area contributed by atoms with Gasteiger partial charge in [0.05, 0.1) is 12.0 Å². The fraction of sp³-hybridized carbons (Fsp3) is 0.700. The number of rotatable bonds is 5. The maximum atomic E-state index is 11.9. The number of unbranched alkanes of at least 4 members (excludes halogenated alkanes) is 1. The number of hydrogen-bond donors (Lipinski definition) is 1. The van der Waals surface area contributed by atoms with Crippen LogP contribution in [-0.2, 0) is 6.54 Å². The van der Waals surface area contributed by atoms with Gasteiger partial charge in [-0.25, -0.2) is 4.98 Å². The molecule has 0 aliphatic rings. The monoisotopic (exact) mass is 235 g/mol. The van der Waals surface area contributed by atoms with Crippen molar-refractivity contribution < 1.29 is 13.2 Å². The summed E-state index contributed by atoms with van der Waals surface area (Å²) < 4.78 is 37.5. The Balaban J connectivity index is 2.35. The van der Waals surface area contributed by atoms with Crippen LogP contribution in [0.4, 0.5) is 13.2 Å². The molecule has 0 aromatic carbocycles. The molecule has 0 bridgehead atoms. The molecule has 16 heavy (non-hydrogen) atoms. The largest absolute Gasteiger partial charge is 0.389 e. The second kappa shape index (κ2) is 5.34. The molecule has 0 saturated heterocycles. The second-order valence-corrected chi connectivity index (χ2v) is 3.87. The van der Waals surface area contributed by atoms with Crippen molar-refractivity contribution in [3.63, 3.8) is 0 Å². The Hall–Kier alpha value is -1.04. The van der Waals surface area contributed by atoms with Crippen LogP contribution in [0.25, 0.3) is 0 Å². The fourth-order valence-corrected chi connectivity index (χ4v) is 1.50. The molecule has 0 spiro atoms. The lowest BCUT2D eigenvalue weighted by molar-refractivity contribution is -0.135. The molecule has 1 atom stereocenters. The average molecular weight is 235 g/mol. The summed E-state index contributed by atoms with van der Waals surface area (Å²) >= 11 is 0. The first-order chi connectivity index (χ1) is 7.40. The summed E-state index contributed by atoms with van der Waals surface area (Å²) in [6.45, 7) is 2.36. The van der Waals surface area contributed by atoms with Crippen LogP contribution in [0.2, 0.25) is 0 Å². The topological polar surface area (TPSA) is 43.8 Å². The van der Waals surface area contributed by atoms with Crippen LogP contribution in [-0.4, -0.2) is 15.7 Å². The van der Waals surface area contributed by atoms with Gasteiger partial charge in [0.25, 0.3) is 0 Å². The summed E-state index contributed by atoms with van der Waals surface area (Å²) in [5, 5.41) is 0. The quantitative estimate of drug-likeness (QED) is 0.797. The van der Waals surface area contributed by atoms with Gasteiger partial charge in [-0.15, -0.1) is 0 Å². The zero-order chi connectivity index (χ0) is 12.2. The summed E-state index contributed by atoms with van der Waals surface area (Å²) in [5.41, 5.74) is 6.55. The molecule has 3 nitrogen and oxygen atoms in total. The molecule has 0 amide bonds. The van der Waals surface area contributed by atoms with Crippen molar-refractivity contribution in [2.75, 3.05) is 0 Å². The molecule has 1 rings (SSSR count). The summed E-state index contributed by atoms with van der Waals surface area (Å²) in [5.74, 6) is 0. The van der Waals surface area contributed by atoms with Crippen molar-refractivity contribution in [3.8, 4) is 0 Å². The first-order valence-corrected chi connectivity index (χ1v) is 5.22. The van der Waals surface area contributed by atoms with E-state index in [-0.39, 0.29) is 12.5 Å². The minimum Gasteiger partial charge on any atom is -0.333 e. The Bertz CT molecular complexity index is 317. The molecule has 0 aliphatic carbocycles. The number of aromatic nitrogens is 2. The van der Waals surface area contributed by atoms with E-state index in [0.29, 0.717) is 13.0 Å². The molecule has 6 heteroatoms. The number of aryl methyl sites for hydroxylation is 1. The molecular weight excluding hydrogens is 219 g/mol. The number of halogens is 3. The van der Waals surface area contributed by atoms with E-state index in [1.165, 1.54) is 0 Å². The van der Waals surface area contributed by atoms with E-state index in [2.05, 4.69) is 4.98 Å². The lowest BCUT2D eigenvalue weighted by atomic mass is 10.2. The van der Waals surface area contributed by atoms with Crippen LogP contribution in [0.3, 0.4) is 0 Å². The van der Waals surface area contributed by atoms with Gasteiger partial charge in [0.2, 0.25) is 0 Å². The molecule has 1 unspecified atom stereocenters. The predicted octanol–water partition coefficient (Wildman–Crippen LogP) is 2.64. The van der Waals surface area contributed by atoms with Crippen molar-refractivity contribution in [2.24, 2.45) is 5.73 Å². The Labute approximate surface area is 92.5 Å². The van der Waals surface area contributed by atoms with Crippen molar-refractivity contribution in [3.05, 3.63) is 18.2 Å². The predicted molar refractivity (Wildman–Crippen MR) is 54.7 cm³/mol. The van der Waals surface area contributed by atoms with E-state index < -0.39 is 12.6 Å². The van der Waals surface area contributed by atoms with E-state index in [1.54, 1.807) is 17.1 Å². The molecule has 1 heterocycles. The molecule has 0 radical (unpaired) electrons. The van der Waals surface area contributed by atoms with Crippen molar-refractivity contribution in [1.29, 1.82) is 0 Å². The van der Waals surface area contributed by atoms with Gasteiger partial charge in [-0.2, -0.15) is 13.2 Å². The first-order valence-electron chi connectivity index (χ1n) is 5.22. The zero-order valence-electron chi connectivity index (χ0n) is 9.17. The average Bonchev–Trinajstić information content (AvgIpc) is 2.58.